The number of nitrogens with zero attached hydrogens (tertiary/aromatic N) is 1. The van der Waals surface area contributed by atoms with Gasteiger partial charge in [0.1, 0.15) is 17.4 Å². The van der Waals surface area contributed by atoms with Crippen molar-refractivity contribution in [3.63, 3.8) is 0 Å². The summed E-state index contributed by atoms with van der Waals surface area (Å²) in [5.74, 6) is -0.0619. The van der Waals surface area contributed by atoms with E-state index >= 15 is 0 Å². The lowest BCUT2D eigenvalue weighted by atomic mass is 9.86. The van der Waals surface area contributed by atoms with Gasteiger partial charge in [-0.1, -0.05) is 0 Å². The van der Waals surface area contributed by atoms with Gasteiger partial charge < -0.3 is 15.6 Å². The normalized spacial score (nSPS) is 33.7. The fourth-order valence-electron chi connectivity index (χ4n) is 1.59. The van der Waals surface area contributed by atoms with Gasteiger partial charge in [-0.3, -0.25) is 0 Å². The number of aliphatic hydroxyl groups is 1. The highest BCUT2D eigenvalue weighted by Gasteiger charge is 2.40. The maximum atomic E-state index is 10.3. The van der Waals surface area contributed by atoms with Crippen LogP contribution >= 0.6 is 0 Å². The number of fused-ring (bicyclic) bond motifs is 1. The van der Waals surface area contributed by atoms with Gasteiger partial charge in [0.25, 0.3) is 0 Å². The molecule has 1 aromatic rings. The van der Waals surface area contributed by atoms with Crippen LogP contribution in [0.4, 0.5) is 0 Å². The molecule has 4 nitrogen and oxygen atoms in total. The summed E-state index contributed by atoms with van der Waals surface area (Å²) in [5.41, 5.74) is 4.64. The zero-order chi connectivity index (χ0) is 14.6. The monoisotopic (exact) mass is 221 g/mol. The molecule has 4 heteroatoms. The second kappa shape index (κ2) is 3.48. The Morgan fingerprint density at radius 1 is 1.69 bits per heavy atom. The van der Waals surface area contributed by atoms with E-state index in [-0.39, 0.29) is 29.0 Å². The molecule has 0 radical (unpaired) electrons. The van der Waals surface area contributed by atoms with Crippen molar-refractivity contribution in [2.24, 2.45) is 5.73 Å². The molecular weight excluding hydrogens is 204 g/mol. The Morgan fingerprint density at radius 3 is 3.00 bits per heavy atom. The fourth-order valence-corrected chi connectivity index (χ4v) is 1.59. The van der Waals surface area contributed by atoms with Crippen LogP contribution in [0.2, 0.25) is 0 Å². The van der Waals surface area contributed by atoms with Crippen molar-refractivity contribution in [1.82, 2.24) is 0 Å². The van der Waals surface area contributed by atoms with Crippen LogP contribution in [-0.4, -0.2) is 16.7 Å². The summed E-state index contributed by atoms with van der Waals surface area (Å²) in [5, 5.41) is 19.2. The van der Waals surface area contributed by atoms with Crippen molar-refractivity contribution in [3.05, 3.63) is 29.3 Å². The van der Waals surface area contributed by atoms with Crippen LogP contribution in [0.5, 0.6) is 5.75 Å². The third kappa shape index (κ3) is 1.54. The summed E-state index contributed by atoms with van der Waals surface area (Å²) >= 11 is 0. The molecule has 16 heavy (non-hydrogen) atoms. The minimum absolute atomic E-state index is 0.0446. The number of nitriles is 1. The molecular formula is C12H14N2O2. The van der Waals surface area contributed by atoms with Crippen molar-refractivity contribution in [1.29, 1.82) is 5.26 Å². The molecule has 0 unspecified atom stereocenters. The molecule has 1 heterocycles. The van der Waals surface area contributed by atoms with E-state index < -0.39 is 17.7 Å². The Labute approximate surface area is 98.5 Å². The predicted molar refractivity (Wildman–Crippen MR) is 58.8 cm³/mol. The molecule has 1 aliphatic heterocycles. The molecule has 0 saturated carbocycles. The first-order chi connectivity index (χ1) is 8.63. The number of rotatable bonds is 0. The van der Waals surface area contributed by atoms with Crippen LogP contribution < -0.4 is 10.5 Å². The van der Waals surface area contributed by atoms with E-state index in [1.165, 1.54) is 6.07 Å². The van der Waals surface area contributed by atoms with Crippen molar-refractivity contribution in [2.75, 3.05) is 0 Å². The Bertz CT molecular complexity index is 594. The zero-order valence-electron chi connectivity index (χ0n) is 12.0. The van der Waals surface area contributed by atoms with E-state index in [4.69, 9.17) is 19.8 Å². The van der Waals surface area contributed by atoms with Gasteiger partial charge in [-0.05, 0) is 32.0 Å². The Morgan fingerprint density at radius 2 is 2.38 bits per heavy atom. The van der Waals surface area contributed by atoms with E-state index in [0.717, 1.165) is 0 Å². The van der Waals surface area contributed by atoms with Gasteiger partial charge in [-0.2, -0.15) is 5.26 Å². The second-order valence-electron chi connectivity index (χ2n) is 4.23. The van der Waals surface area contributed by atoms with E-state index in [1.807, 2.05) is 0 Å². The highest BCUT2D eigenvalue weighted by Crippen LogP contribution is 2.38. The molecule has 0 aliphatic carbocycles. The molecule has 0 bridgehead atoms. The third-order valence-electron chi connectivity index (χ3n) is 2.65. The number of nitrogens with two attached hydrogens (primary N) is 1. The molecule has 3 N–H and O–H groups in total. The van der Waals surface area contributed by atoms with Gasteiger partial charge in [0.2, 0.25) is 0 Å². The molecule has 84 valence electrons. The molecule has 0 fully saturated rings. The molecule has 1 aliphatic rings. The lowest BCUT2D eigenvalue weighted by Crippen LogP contribution is -2.53. The summed E-state index contributed by atoms with van der Waals surface area (Å²) in [7, 11) is 0. The summed E-state index contributed by atoms with van der Waals surface area (Å²) in [6, 6.07) is 1.30. The average molecular weight is 221 g/mol. The maximum Gasteiger partial charge on any atom is 0.126 e. The summed E-state index contributed by atoms with van der Waals surface area (Å²) in [6.45, 7) is 3.20. The van der Waals surface area contributed by atoms with Crippen LogP contribution in [0.3, 0.4) is 0 Å². The van der Waals surface area contributed by atoms with Crippen molar-refractivity contribution >= 4 is 0 Å². The number of ether oxygens (including phenoxy) is 1. The van der Waals surface area contributed by atoms with Gasteiger partial charge in [-0.15, -0.1) is 0 Å². The molecule has 0 amide bonds. The Kier molecular flexibility index (Phi) is 1.67. The van der Waals surface area contributed by atoms with Gasteiger partial charge >= 0.3 is 0 Å². The summed E-state index contributed by atoms with van der Waals surface area (Å²) in [6.07, 6.45) is -2.17. The first-order valence-corrected chi connectivity index (χ1v) is 4.84. The van der Waals surface area contributed by atoms with E-state index in [0.29, 0.717) is 0 Å². The van der Waals surface area contributed by atoms with Crippen LogP contribution in [0, 0.1) is 11.3 Å². The van der Waals surface area contributed by atoms with Crippen molar-refractivity contribution < 1.29 is 14.0 Å². The quantitative estimate of drug-likeness (QED) is 0.687. The van der Waals surface area contributed by atoms with Crippen molar-refractivity contribution in [3.8, 4) is 11.8 Å². The first kappa shape index (κ1) is 7.66. The highest BCUT2D eigenvalue weighted by molar-refractivity contribution is 5.45. The topological polar surface area (TPSA) is 79.3 Å². The van der Waals surface area contributed by atoms with Crippen LogP contribution in [-0.2, 0) is 0 Å². The van der Waals surface area contributed by atoms with Crippen molar-refractivity contribution in [2.45, 2.75) is 31.6 Å². The lowest BCUT2D eigenvalue weighted by molar-refractivity contribution is -0.0117. The Balaban J connectivity index is 2.79. The minimum Gasteiger partial charge on any atom is -0.486 e. The van der Waals surface area contributed by atoms with E-state index in [9.17, 15) is 5.11 Å². The first-order valence-electron chi connectivity index (χ1n) is 6.34. The van der Waals surface area contributed by atoms with Gasteiger partial charge in [0.15, 0.2) is 0 Å². The third-order valence-corrected chi connectivity index (χ3v) is 2.65. The minimum atomic E-state index is -2.17. The fraction of sp³-hybridized carbons (Fsp3) is 0.417. The maximum absolute atomic E-state index is 10.3. The zero-order valence-corrected chi connectivity index (χ0v) is 9.03. The average Bonchev–Trinajstić information content (AvgIpc) is 2.32. The SMILES string of the molecule is [2H]c1c(C#N)cc2c(c1[2H])OC(C)(C)[C@H](N)[C@@]2([2H])O. The summed E-state index contributed by atoms with van der Waals surface area (Å²) in [4.78, 5) is 0. The van der Waals surface area contributed by atoms with E-state index in [1.54, 1.807) is 19.9 Å². The molecule has 1 aromatic carbocycles. The molecule has 2 rings (SSSR count). The Hall–Kier alpha value is -1.57. The van der Waals surface area contributed by atoms with Crippen LogP contribution in [0.25, 0.3) is 0 Å². The second-order valence-corrected chi connectivity index (χ2v) is 4.23. The van der Waals surface area contributed by atoms with Crippen LogP contribution in [0.1, 0.15) is 35.2 Å². The summed E-state index contributed by atoms with van der Waals surface area (Å²) < 4.78 is 29.1. The molecule has 2 atom stereocenters. The van der Waals surface area contributed by atoms with Crippen LogP contribution in [0.15, 0.2) is 18.2 Å². The molecule has 0 spiro atoms. The van der Waals surface area contributed by atoms with Gasteiger partial charge in [0, 0.05) is 5.56 Å². The van der Waals surface area contributed by atoms with E-state index in [2.05, 4.69) is 0 Å². The molecule has 0 aromatic heterocycles. The lowest BCUT2D eigenvalue weighted by Gasteiger charge is -2.40. The van der Waals surface area contributed by atoms with Gasteiger partial charge in [0.05, 0.1) is 21.8 Å². The molecule has 0 saturated heterocycles. The standard InChI is InChI=1S/C12H14N2O2/c1-12(2)11(14)10(15)8-5-7(6-13)3-4-9(8)16-12/h3-5,10-11,15H,14H2,1-2H3/t10-,11+/m0/s1/i3D,4D,10D. The smallest absolute Gasteiger partial charge is 0.126 e. The van der Waals surface area contributed by atoms with Gasteiger partial charge in [-0.25, -0.2) is 0 Å². The number of hydrogen-bond acceptors (Lipinski definition) is 4. The highest BCUT2D eigenvalue weighted by atomic mass is 16.5. The number of benzene rings is 1. The predicted octanol–water partition coefficient (Wildman–Crippen LogP) is 1.09. The number of hydrogen-bond donors (Lipinski definition) is 2. The largest absolute Gasteiger partial charge is 0.486 e.